The van der Waals surface area contributed by atoms with Gasteiger partial charge in [0.15, 0.2) is 17.2 Å². The first kappa shape index (κ1) is 24.1. The zero-order valence-corrected chi connectivity index (χ0v) is 19.4. The molecule has 2 aromatic rings. The van der Waals surface area contributed by atoms with Gasteiger partial charge in [0.2, 0.25) is 17.1 Å². The number of esters is 1. The molecule has 0 fully saturated rings. The molecule has 33 heavy (non-hydrogen) atoms. The highest BCUT2D eigenvalue weighted by atomic mass is 35.5. The van der Waals surface area contributed by atoms with Crippen molar-refractivity contribution < 1.29 is 28.5 Å². The molecule has 1 atom stereocenters. The van der Waals surface area contributed by atoms with Crippen LogP contribution in [0.4, 0.5) is 0 Å². The average Bonchev–Trinajstić information content (AvgIpc) is 3.02. The normalized spacial score (nSPS) is 14.5. The Morgan fingerprint density at radius 3 is 2.39 bits per heavy atom. The Bertz CT molecular complexity index is 1180. The van der Waals surface area contributed by atoms with E-state index in [1.807, 2.05) is 0 Å². The van der Waals surface area contributed by atoms with Crippen molar-refractivity contribution in [1.82, 2.24) is 5.32 Å². The minimum atomic E-state index is -0.714. The van der Waals surface area contributed by atoms with Crippen LogP contribution in [-0.4, -0.2) is 33.2 Å². The number of hydrogen-bond donors (Lipinski definition) is 1. The Kier molecular flexibility index (Phi) is 7.60. The number of amides is 1. The smallest absolute Gasteiger partial charge is 0.337 e. The number of carbonyl (C=O) groups excluding carboxylic acids is 2. The van der Waals surface area contributed by atoms with Crippen LogP contribution in [0.5, 0.6) is 23.0 Å². The van der Waals surface area contributed by atoms with E-state index < -0.39 is 12.0 Å². The maximum Gasteiger partial charge on any atom is 0.337 e. The van der Waals surface area contributed by atoms with Crippen molar-refractivity contribution in [2.24, 2.45) is 0 Å². The second kappa shape index (κ2) is 10.4. The molecule has 0 aromatic heterocycles. The fourth-order valence-corrected chi connectivity index (χ4v) is 4.05. The monoisotopic (exact) mass is 473 g/mol. The van der Waals surface area contributed by atoms with Crippen LogP contribution >= 0.6 is 11.6 Å². The van der Waals surface area contributed by atoms with Crippen LogP contribution in [0.15, 0.2) is 40.7 Å². The maximum atomic E-state index is 12.7. The van der Waals surface area contributed by atoms with Crippen molar-refractivity contribution in [3.05, 3.63) is 57.2 Å². The highest BCUT2D eigenvalue weighted by molar-refractivity contribution is 6.26. The Morgan fingerprint density at radius 2 is 1.79 bits per heavy atom. The maximum absolute atomic E-state index is 12.7. The van der Waals surface area contributed by atoms with Crippen molar-refractivity contribution in [3.8, 4) is 34.1 Å². The van der Waals surface area contributed by atoms with Crippen LogP contribution in [-0.2, 0) is 16.0 Å². The van der Waals surface area contributed by atoms with Gasteiger partial charge in [0.1, 0.15) is 0 Å². The van der Waals surface area contributed by atoms with Crippen LogP contribution in [0.25, 0.3) is 11.1 Å². The second-order valence-corrected chi connectivity index (χ2v) is 7.51. The highest BCUT2D eigenvalue weighted by Crippen LogP contribution is 2.50. The molecular formula is C24H24ClNO7. The van der Waals surface area contributed by atoms with Crippen molar-refractivity contribution in [2.75, 3.05) is 21.3 Å². The number of carbonyl (C=O) groups is 2. The van der Waals surface area contributed by atoms with Gasteiger partial charge < -0.3 is 24.3 Å². The summed E-state index contributed by atoms with van der Waals surface area (Å²) >= 11 is 5.51. The molecule has 0 spiro atoms. The summed E-state index contributed by atoms with van der Waals surface area (Å²) in [5.41, 5.74) is 3.40. The molecular weight excluding hydrogens is 450 g/mol. The number of methoxy groups -OCH3 is 3. The number of halogens is 1. The fraction of sp³-hybridized carbons (Fsp3) is 0.292. The molecule has 2 aromatic carbocycles. The molecule has 9 heteroatoms. The minimum absolute atomic E-state index is 0.0725. The SMILES string of the molecule is COc1cc2c(c(OC)c1OC(=O)/C=C/Cl)-c1ccc(OC)c(=O)cc1[C@@H](NC(C)=O)CC2. The summed E-state index contributed by atoms with van der Waals surface area (Å²) in [6.45, 7) is 1.42. The van der Waals surface area contributed by atoms with Crippen molar-refractivity contribution >= 4 is 23.5 Å². The molecule has 0 saturated heterocycles. The third-order valence-electron chi connectivity index (χ3n) is 5.30. The largest absolute Gasteiger partial charge is 0.493 e. The third-order valence-corrected chi connectivity index (χ3v) is 5.42. The van der Waals surface area contributed by atoms with E-state index in [0.717, 1.165) is 17.2 Å². The Balaban J connectivity index is 2.39. The third kappa shape index (κ3) is 4.96. The quantitative estimate of drug-likeness (QED) is 0.389. The number of fused-ring (bicyclic) bond motifs is 3. The van der Waals surface area contributed by atoms with E-state index in [2.05, 4.69) is 5.32 Å². The molecule has 1 N–H and O–H groups in total. The number of hydrogen-bond acceptors (Lipinski definition) is 7. The lowest BCUT2D eigenvalue weighted by Gasteiger charge is -2.19. The average molecular weight is 474 g/mol. The Labute approximate surface area is 196 Å². The van der Waals surface area contributed by atoms with Gasteiger partial charge in [-0.3, -0.25) is 9.59 Å². The molecule has 1 aliphatic rings. The molecule has 1 aliphatic carbocycles. The van der Waals surface area contributed by atoms with Crippen LogP contribution in [0.2, 0.25) is 0 Å². The summed E-state index contributed by atoms with van der Waals surface area (Å²) in [4.78, 5) is 36.8. The molecule has 0 saturated carbocycles. The first-order valence-electron chi connectivity index (χ1n) is 10.1. The first-order valence-corrected chi connectivity index (χ1v) is 10.5. The molecule has 0 radical (unpaired) electrons. The molecule has 0 aliphatic heterocycles. The molecule has 0 bridgehead atoms. The molecule has 8 nitrogen and oxygen atoms in total. The molecule has 174 valence electrons. The summed E-state index contributed by atoms with van der Waals surface area (Å²) < 4.78 is 21.9. The van der Waals surface area contributed by atoms with Gasteiger partial charge in [-0.05, 0) is 47.7 Å². The Morgan fingerprint density at radius 1 is 1.06 bits per heavy atom. The number of rotatable bonds is 6. The van der Waals surface area contributed by atoms with Crippen LogP contribution in [0.3, 0.4) is 0 Å². The highest BCUT2D eigenvalue weighted by Gasteiger charge is 2.30. The van der Waals surface area contributed by atoms with E-state index in [9.17, 15) is 14.4 Å². The van der Waals surface area contributed by atoms with E-state index in [1.54, 1.807) is 18.2 Å². The van der Waals surface area contributed by atoms with Gasteiger partial charge in [-0.15, -0.1) is 0 Å². The topological polar surface area (TPSA) is 100 Å². The van der Waals surface area contributed by atoms with E-state index in [0.29, 0.717) is 35.3 Å². The lowest BCUT2D eigenvalue weighted by Crippen LogP contribution is -2.26. The van der Waals surface area contributed by atoms with Gasteiger partial charge in [-0.1, -0.05) is 17.7 Å². The van der Waals surface area contributed by atoms with E-state index >= 15 is 0 Å². The van der Waals surface area contributed by atoms with Gasteiger partial charge in [0, 0.05) is 24.1 Å². The van der Waals surface area contributed by atoms with Crippen molar-refractivity contribution in [2.45, 2.75) is 25.8 Å². The summed E-state index contributed by atoms with van der Waals surface area (Å²) in [5.74, 6) is -0.170. The summed E-state index contributed by atoms with van der Waals surface area (Å²) in [6, 6.07) is 6.07. The molecule has 0 unspecified atom stereocenters. The zero-order chi connectivity index (χ0) is 24.1. The summed E-state index contributed by atoms with van der Waals surface area (Å²) in [6.07, 6.45) is 2.11. The summed E-state index contributed by atoms with van der Waals surface area (Å²) in [7, 11) is 4.31. The predicted octanol–water partition coefficient (Wildman–Crippen LogP) is 3.52. The van der Waals surface area contributed by atoms with Gasteiger partial charge in [-0.2, -0.15) is 0 Å². The van der Waals surface area contributed by atoms with Crippen LogP contribution < -0.4 is 29.7 Å². The van der Waals surface area contributed by atoms with Crippen molar-refractivity contribution in [3.63, 3.8) is 0 Å². The van der Waals surface area contributed by atoms with E-state index in [1.165, 1.54) is 34.3 Å². The summed E-state index contributed by atoms with van der Waals surface area (Å²) in [5, 5.41) is 2.92. The lowest BCUT2D eigenvalue weighted by molar-refractivity contribution is -0.129. The number of ether oxygens (including phenoxy) is 4. The standard InChI is InChI=1S/C24H24ClNO7/c1-13(27)26-17-7-5-14-11-20(31-3)23(33-21(29)9-10-25)24(32-4)22(14)15-6-8-19(30-2)18(28)12-16(15)17/h6,8-12,17H,5,7H2,1-4H3,(H,26,27)/b10-9+/t17-/m0/s1. The number of benzene rings is 1. The fourth-order valence-electron chi connectivity index (χ4n) is 3.95. The first-order chi connectivity index (χ1) is 15.8. The predicted molar refractivity (Wildman–Crippen MR) is 123 cm³/mol. The van der Waals surface area contributed by atoms with E-state index in [4.69, 9.17) is 30.5 Å². The van der Waals surface area contributed by atoms with Crippen molar-refractivity contribution in [1.29, 1.82) is 0 Å². The van der Waals surface area contributed by atoms with Gasteiger partial charge >= 0.3 is 5.97 Å². The van der Waals surface area contributed by atoms with E-state index in [-0.39, 0.29) is 28.6 Å². The number of aryl methyl sites for hydroxylation is 1. The van der Waals surface area contributed by atoms with Gasteiger partial charge in [0.25, 0.3) is 0 Å². The van der Waals surface area contributed by atoms with Gasteiger partial charge in [-0.25, -0.2) is 4.79 Å². The van der Waals surface area contributed by atoms with Crippen LogP contribution in [0, 0.1) is 0 Å². The van der Waals surface area contributed by atoms with Crippen LogP contribution in [0.1, 0.15) is 30.5 Å². The molecule has 0 heterocycles. The Hall–Kier alpha value is -3.52. The lowest BCUT2D eigenvalue weighted by atomic mass is 9.95. The molecule has 3 rings (SSSR count). The minimum Gasteiger partial charge on any atom is -0.493 e. The molecule has 1 amide bonds. The second-order valence-electron chi connectivity index (χ2n) is 7.26. The number of nitrogens with one attached hydrogen (secondary N) is 1. The zero-order valence-electron chi connectivity index (χ0n) is 18.7. The van der Waals surface area contributed by atoms with Gasteiger partial charge in [0.05, 0.1) is 27.4 Å².